The predicted molar refractivity (Wildman–Crippen MR) is 74.6 cm³/mol. The molecular weight excluding hydrogens is 307 g/mol. The molecule has 4 nitrogen and oxygen atoms in total. The van der Waals surface area contributed by atoms with Crippen LogP contribution in [0.15, 0.2) is 11.0 Å². The van der Waals surface area contributed by atoms with Gasteiger partial charge in [0.2, 0.25) is 0 Å². The Hall–Kier alpha value is -1.24. The molecule has 1 unspecified atom stereocenters. The normalized spacial score (nSPS) is 16.8. The van der Waals surface area contributed by atoms with Gasteiger partial charge in [0.05, 0.1) is 11.9 Å². The molecule has 0 radical (unpaired) electrons. The maximum absolute atomic E-state index is 12.3. The third-order valence-corrected chi connectivity index (χ3v) is 3.85. The van der Waals surface area contributed by atoms with Crippen LogP contribution in [0.4, 0.5) is 18.9 Å². The Morgan fingerprint density at radius 1 is 1.52 bits per heavy atom. The maximum Gasteiger partial charge on any atom is 0.408 e. The standard InChI is InChI=1S/C13H17ClF3N3O/c1-2-9(5-8-3-4-8)19-10-6-18-20(7-13(15,16)17)12(21)11(10)14/h6,8-9,19H,2-5,7H2,1H3. The number of halogens is 4. The van der Waals surface area contributed by atoms with E-state index in [1.807, 2.05) is 6.92 Å². The largest absolute Gasteiger partial charge is 0.408 e. The summed E-state index contributed by atoms with van der Waals surface area (Å²) >= 11 is 5.88. The lowest BCUT2D eigenvalue weighted by Crippen LogP contribution is -2.31. The van der Waals surface area contributed by atoms with Gasteiger partial charge in [0.15, 0.2) is 0 Å². The van der Waals surface area contributed by atoms with Crippen LogP contribution in [0.3, 0.4) is 0 Å². The molecule has 1 aliphatic carbocycles. The van der Waals surface area contributed by atoms with Crippen LogP contribution in [0, 0.1) is 5.92 Å². The minimum atomic E-state index is -4.51. The van der Waals surface area contributed by atoms with E-state index in [-0.39, 0.29) is 11.1 Å². The van der Waals surface area contributed by atoms with Gasteiger partial charge in [-0.2, -0.15) is 18.3 Å². The summed E-state index contributed by atoms with van der Waals surface area (Å²) in [4.78, 5) is 11.8. The molecule has 1 N–H and O–H groups in total. The highest BCUT2D eigenvalue weighted by Gasteiger charge is 2.30. The van der Waals surface area contributed by atoms with Crippen LogP contribution in [0.2, 0.25) is 5.02 Å². The Labute approximate surface area is 125 Å². The molecule has 0 saturated heterocycles. The van der Waals surface area contributed by atoms with Crippen molar-refractivity contribution in [2.75, 3.05) is 5.32 Å². The van der Waals surface area contributed by atoms with Crippen molar-refractivity contribution in [3.63, 3.8) is 0 Å². The van der Waals surface area contributed by atoms with E-state index in [9.17, 15) is 18.0 Å². The number of hydrogen-bond donors (Lipinski definition) is 1. The monoisotopic (exact) mass is 323 g/mol. The third-order valence-electron chi connectivity index (χ3n) is 3.48. The molecule has 1 heterocycles. The van der Waals surface area contributed by atoms with Gasteiger partial charge in [-0.15, -0.1) is 0 Å². The predicted octanol–water partition coefficient (Wildman–Crippen LogP) is 3.45. The average Bonchev–Trinajstić information content (AvgIpc) is 3.20. The van der Waals surface area contributed by atoms with Crippen molar-refractivity contribution in [2.24, 2.45) is 5.92 Å². The van der Waals surface area contributed by atoms with Crippen LogP contribution in [0.1, 0.15) is 32.6 Å². The topological polar surface area (TPSA) is 46.9 Å². The number of anilines is 1. The van der Waals surface area contributed by atoms with Gasteiger partial charge in [0.25, 0.3) is 5.56 Å². The summed E-state index contributed by atoms with van der Waals surface area (Å²) in [5, 5.41) is 6.41. The Kier molecular flexibility index (Phi) is 4.81. The lowest BCUT2D eigenvalue weighted by atomic mass is 10.1. The fourth-order valence-electron chi connectivity index (χ4n) is 2.15. The molecule has 0 aliphatic heterocycles. The van der Waals surface area contributed by atoms with Crippen molar-refractivity contribution in [3.05, 3.63) is 21.6 Å². The molecule has 0 spiro atoms. The van der Waals surface area contributed by atoms with E-state index < -0.39 is 18.3 Å². The van der Waals surface area contributed by atoms with Crippen LogP contribution in [0.5, 0.6) is 0 Å². The molecule has 1 saturated carbocycles. The maximum atomic E-state index is 12.3. The highest BCUT2D eigenvalue weighted by atomic mass is 35.5. The van der Waals surface area contributed by atoms with E-state index in [0.717, 1.165) is 12.8 Å². The van der Waals surface area contributed by atoms with Crippen molar-refractivity contribution in [3.8, 4) is 0 Å². The summed E-state index contributed by atoms with van der Waals surface area (Å²) in [6.07, 6.45) is 0.906. The summed E-state index contributed by atoms with van der Waals surface area (Å²) in [6, 6.07) is 0.148. The molecule has 1 aliphatic rings. The lowest BCUT2D eigenvalue weighted by Gasteiger charge is -2.19. The zero-order valence-corrected chi connectivity index (χ0v) is 12.3. The van der Waals surface area contributed by atoms with Gasteiger partial charge in [-0.1, -0.05) is 31.4 Å². The van der Waals surface area contributed by atoms with Gasteiger partial charge in [0.1, 0.15) is 11.6 Å². The van der Waals surface area contributed by atoms with Crippen LogP contribution in [-0.4, -0.2) is 22.0 Å². The van der Waals surface area contributed by atoms with Gasteiger partial charge >= 0.3 is 6.18 Å². The number of hydrogen-bond acceptors (Lipinski definition) is 3. The molecule has 2 rings (SSSR count). The molecule has 1 atom stereocenters. The summed E-state index contributed by atoms with van der Waals surface area (Å²) in [5.74, 6) is 0.694. The first-order valence-corrected chi connectivity index (χ1v) is 7.27. The SMILES string of the molecule is CCC(CC1CC1)Nc1cnn(CC(F)(F)F)c(=O)c1Cl. The van der Waals surface area contributed by atoms with Crippen molar-refractivity contribution in [1.29, 1.82) is 0 Å². The molecule has 0 bridgehead atoms. The second kappa shape index (κ2) is 6.25. The molecule has 21 heavy (non-hydrogen) atoms. The van der Waals surface area contributed by atoms with E-state index in [1.54, 1.807) is 0 Å². The Bertz CT molecular complexity index is 555. The number of nitrogens with one attached hydrogen (secondary N) is 1. The van der Waals surface area contributed by atoms with Gasteiger partial charge < -0.3 is 5.32 Å². The smallest absolute Gasteiger partial charge is 0.380 e. The molecule has 118 valence electrons. The van der Waals surface area contributed by atoms with Crippen LogP contribution in [-0.2, 0) is 6.54 Å². The first kappa shape index (κ1) is 16.1. The lowest BCUT2D eigenvalue weighted by molar-refractivity contribution is -0.143. The summed E-state index contributed by atoms with van der Waals surface area (Å²) in [5.41, 5.74) is -0.632. The molecule has 1 fully saturated rings. The van der Waals surface area contributed by atoms with Crippen molar-refractivity contribution < 1.29 is 13.2 Å². The summed E-state index contributed by atoms with van der Waals surface area (Å²) in [6.45, 7) is 0.567. The Morgan fingerprint density at radius 2 is 2.19 bits per heavy atom. The zero-order valence-electron chi connectivity index (χ0n) is 11.6. The van der Waals surface area contributed by atoms with E-state index in [1.165, 1.54) is 19.0 Å². The molecular formula is C13H17ClF3N3O. The number of nitrogens with zero attached hydrogens (tertiary/aromatic N) is 2. The fraction of sp³-hybridized carbons (Fsp3) is 0.692. The average molecular weight is 324 g/mol. The van der Waals surface area contributed by atoms with E-state index in [4.69, 9.17) is 11.6 Å². The molecule has 8 heteroatoms. The second-order valence-corrected chi connectivity index (χ2v) is 5.76. The van der Waals surface area contributed by atoms with Gasteiger partial charge in [-0.25, -0.2) is 4.68 Å². The minimum Gasteiger partial charge on any atom is -0.380 e. The quantitative estimate of drug-likeness (QED) is 0.872. The Balaban J connectivity index is 2.13. The number of aromatic nitrogens is 2. The molecule has 1 aromatic rings. The third kappa shape index (κ3) is 4.62. The Morgan fingerprint density at radius 3 is 2.71 bits per heavy atom. The van der Waals surface area contributed by atoms with Gasteiger partial charge in [-0.3, -0.25) is 4.79 Å². The van der Waals surface area contributed by atoms with E-state index in [2.05, 4.69) is 10.4 Å². The second-order valence-electron chi connectivity index (χ2n) is 5.38. The first-order chi connectivity index (χ1) is 9.80. The highest BCUT2D eigenvalue weighted by molar-refractivity contribution is 6.32. The fourth-order valence-corrected chi connectivity index (χ4v) is 2.35. The van der Waals surface area contributed by atoms with Crippen LogP contribution >= 0.6 is 11.6 Å². The number of alkyl halides is 3. The van der Waals surface area contributed by atoms with Crippen LogP contribution in [0.25, 0.3) is 0 Å². The molecule has 1 aromatic heterocycles. The van der Waals surface area contributed by atoms with E-state index >= 15 is 0 Å². The molecule has 0 aromatic carbocycles. The van der Waals surface area contributed by atoms with Crippen molar-refractivity contribution >= 4 is 17.3 Å². The first-order valence-electron chi connectivity index (χ1n) is 6.89. The van der Waals surface area contributed by atoms with E-state index in [0.29, 0.717) is 16.3 Å². The minimum absolute atomic E-state index is 0.148. The summed E-state index contributed by atoms with van der Waals surface area (Å²) in [7, 11) is 0. The van der Waals surface area contributed by atoms with Crippen molar-refractivity contribution in [2.45, 2.75) is 51.4 Å². The van der Waals surface area contributed by atoms with Crippen LogP contribution < -0.4 is 10.9 Å². The van der Waals surface area contributed by atoms with Crippen molar-refractivity contribution in [1.82, 2.24) is 9.78 Å². The highest BCUT2D eigenvalue weighted by Crippen LogP contribution is 2.35. The van der Waals surface area contributed by atoms with Gasteiger partial charge in [0, 0.05) is 6.04 Å². The van der Waals surface area contributed by atoms with Gasteiger partial charge in [-0.05, 0) is 18.8 Å². The molecule has 0 amide bonds. The zero-order chi connectivity index (χ0) is 15.6. The number of rotatable bonds is 6. The summed E-state index contributed by atoms with van der Waals surface area (Å²) < 4.78 is 37.3.